The summed E-state index contributed by atoms with van der Waals surface area (Å²) in [7, 11) is 0. The lowest BCUT2D eigenvalue weighted by Gasteiger charge is -2.24. The Morgan fingerprint density at radius 1 is 1.22 bits per heavy atom. The molecule has 100 valence electrons. The summed E-state index contributed by atoms with van der Waals surface area (Å²) in [6.45, 7) is 8.22. The zero-order chi connectivity index (χ0) is 13.6. The Morgan fingerprint density at radius 3 is 2.33 bits per heavy atom. The van der Waals surface area contributed by atoms with Crippen molar-refractivity contribution in [1.82, 2.24) is 5.32 Å². The molecule has 18 heavy (non-hydrogen) atoms. The maximum Gasteiger partial charge on any atom is 0.258 e. The molecule has 3 nitrogen and oxygen atoms in total. The van der Waals surface area contributed by atoms with Gasteiger partial charge in [0.05, 0.1) is 0 Å². The summed E-state index contributed by atoms with van der Waals surface area (Å²) in [5.41, 5.74) is 1.09. The zero-order valence-corrected chi connectivity index (χ0v) is 11.7. The van der Waals surface area contributed by atoms with Gasteiger partial charge in [-0.3, -0.25) is 4.79 Å². The van der Waals surface area contributed by atoms with Crippen LogP contribution in [0.2, 0.25) is 0 Å². The number of hydrogen-bond donors (Lipinski definition) is 1. The summed E-state index contributed by atoms with van der Waals surface area (Å²) < 4.78 is 5.45. The van der Waals surface area contributed by atoms with Crippen molar-refractivity contribution in [2.45, 2.75) is 46.1 Å². The minimum atomic E-state index is -0.174. The van der Waals surface area contributed by atoms with Crippen molar-refractivity contribution in [2.75, 3.05) is 6.61 Å². The van der Waals surface area contributed by atoms with E-state index in [4.69, 9.17) is 4.74 Å². The number of aryl methyl sites for hydroxylation is 1. The van der Waals surface area contributed by atoms with Gasteiger partial charge in [-0.25, -0.2) is 0 Å². The molecule has 0 fully saturated rings. The quantitative estimate of drug-likeness (QED) is 0.841. The second-order valence-corrected chi connectivity index (χ2v) is 5.07. The van der Waals surface area contributed by atoms with Gasteiger partial charge >= 0.3 is 0 Å². The van der Waals surface area contributed by atoms with Crippen LogP contribution in [0.1, 0.15) is 39.7 Å². The molecule has 1 aromatic rings. The minimum Gasteiger partial charge on any atom is -0.484 e. The van der Waals surface area contributed by atoms with E-state index in [0.29, 0.717) is 0 Å². The Hall–Kier alpha value is -1.51. The van der Waals surface area contributed by atoms with E-state index in [1.54, 1.807) is 0 Å². The van der Waals surface area contributed by atoms with Crippen LogP contribution < -0.4 is 10.1 Å². The summed E-state index contributed by atoms with van der Waals surface area (Å²) in [6, 6.07) is 7.83. The van der Waals surface area contributed by atoms with Gasteiger partial charge in [-0.15, -0.1) is 0 Å². The Bertz CT molecular complexity index is 382. The first-order chi connectivity index (χ1) is 8.46. The molecule has 1 amide bonds. The number of carbonyl (C=O) groups excluding carboxylic acids is 1. The van der Waals surface area contributed by atoms with Gasteiger partial charge in [0.15, 0.2) is 6.61 Å². The number of nitrogens with one attached hydrogen (secondary N) is 1. The second kappa shape index (κ2) is 6.43. The van der Waals surface area contributed by atoms with E-state index in [9.17, 15) is 4.79 Å². The molecule has 0 saturated carbocycles. The van der Waals surface area contributed by atoms with Crippen LogP contribution in [-0.2, 0) is 11.2 Å². The third kappa shape index (κ3) is 4.78. The predicted octanol–water partition coefficient (Wildman–Crippen LogP) is 2.93. The fourth-order valence-electron chi connectivity index (χ4n) is 1.47. The van der Waals surface area contributed by atoms with Gasteiger partial charge < -0.3 is 10.1 Å². The number of ether oxygens (including phenoxy) is 1. The van der Waals surface area contributed by atoms with Crippen LogP contribution >= 0.6 is 0 Å². The van der Waals surface area contributed by atoms with E-state index >= 15 is 0 Å². The Labute approximate surface area is 110 Å². The van der Waals surface area contributed by atoms with Crippen LogP contribution in [0.3, 0.4) is 0 Å². The second-order valence-electron chi connectivity index (χ2n) is 5.07. The van der Waals surface area contributed by atoms with Crippen molar-refractivity contribution >= 4 is 5.91 Å². The summed E-state index contributed by atoms with van der Waals surface area (Å²) in [5, 5.41) is 2.93. The molecular weight excluding hydrogens is 226 g/mol. The van der Waals surface area contributed by atoms with Crippen LogP contribution in [-0.4, -0.2) is 18.1 Å². The average molecular weight is 249 g/mol. The maximum atomic E-state index is 11.7. The van der Waals surface area contributed by atoms with Gasteiger partial charge in [0, 0.05) is 5.54 Å². The first-order valence-electron chi connectivity index (χ1n) is 6.49. The highest BCUT2D eigenvalue weighted by Crippen LogP contribution is 2.12. The minimum absolute atomic E-state index is 0.0644. The first kappa shape index (κ1) is 14.6. The standard InChI is InChI=1S/C15H23NO2/c1-5-12-7-9-13(10-8-12)18-11-14(17)16-15(3,4)6-2/h7-10H,5-6,11H2,1-4H3,(H,16,17). The van der Waals surface area contributed by atoms with Crippen molar-refractivity contribution in [2.24, 2.45) is 0 Å². The average Bonchev–Trinajstić information content (AvgIpc) is 2.36. The molecule has 1 rings (SSSR count). The fraction of sp³-hybridized carbons (Fsp3) is 0.533. The molecule has 0 atom stereocenters. The van der Waals surface area contributed by atoms with Gasteiger partial charge in [0.25, 0.3) is 5.91 Å². The van der Waals surface area contributed by atoms with E-state index in [0.717, 1.165) is 18.6 Å². The Kier molecular flexibility index (Phi) is 5.20. The van der Waals surface area contributed by atoms with Crippen LogP contribution in [0.15, 0.2) is 24.3 Å². The predicted molar refractivity (Wildman–Crippen MR) is 73.8 cm³/mol. The molecule has 0 aromatic heterocycles. The molecule has 1 aromatic carbocycles. The van der Waals surface area contributed by atoms with Crippen LogP contribution in [0.25, 0.3) is 0 Å². The highest BCUT2D eigenvalue weighted by Gasteiger charge is 2.17. The molecule has 0 saturated heterocycles. The number of hydrogen-bond acceptors (Lipinski definition) is 2. The molecule has 0 unspecified atom stereocenters. The van der Waals surface area contributed by atoms with E-state index in [1.165, 1.54) is 5.56 Å². The molecule has 0 heterocycles. The Morgan fingerprint density at radius 2 is 1.83 bits per heavy atom. The van der Waals surface area contributed by atoms with Crippen molar-refractivity contribution in [3.05, 3.63) is 29.8 Å². The van der Waals surface area contributed by atoms with E-state index in [-0.39, 0.29) is 18.1 Å². The van der Waals surface area contributed by atoms with Gasteiger partial charge in [-0.1, -0.05) is 26.0 Å². The summed E-state index contributed by atoms with van der Waals surface area (Å²) in [6.07, 6.45) is 1.90. The van der Waals surface area contributed by atoms with Crippen LogP contribution in [0.5, 0.6) is 5.75 Å². The zero-order valence-electron chi connectivity index (χ0n) is 11.7. The Balaban J connectivity index is 2.42. The first-order valence-corrected chi connectivity index (χ1v) is 6.49. The van der Waals surface area contributed by atoms with Crippen molar-refractivity contribution < 1.29 is 9.53 Å². The normalized spacial score (nSPS) is 11.1. The lowest BCUT2D eigenvalue weighted by atomic mass is 10.0. The maximum absolute atomic E-state index is 11.7. The van der Waals surface area contributed by atoms with E-state index in [2.05, 4.69) is 12.2 Å². The summed E-state index contributed by atoms with van der Waals surface area (Å²) >= 11 is 0. The molecule has 0 spiro atoms. The molecule has 0 aliphatic carbocycles. The van der Waals surface area contributed by atoms with Gasteiger partial charge in [0.1, 0.15) is 5.75 Å². The fourth-order valence-corrected chi connectivity index (χ4v) is 1.47. The molecule has 0 aliphatic rings. The smallest absolute Gasteiger partial charge is 0.258 e. The third-order valence-electron chi connectivity index (χ3n) is 3.06. The van der Waals surface area contributed by atoms with Crippen LogP contribution in [0.4, 0.5) is 0 Å². The van der Waals surface area contributed by atoms with Gasteiger partial charge in [0.2, 0.25) is 0 Å². The van der Waals surface area contributed by atoms with Crippen molar-refractivity contribution in [1.29, 1.82) is 0 Å². The van der Waals surface area contributed by atoms with Crippen molar-refractivity contribution in [3.63, 3.8) is 0 Å². The molecule has 1 N–H and O–H groups in total. The highest BCUT2D eigenvalue weighted by atomic mass is 16.5. The van der Waals surface area contributed by atoms with Crippen molar-refractivity contribution in [3.8, 4) is 5.75 Å². The monoisotopic (exact) mass is 249 g/mol. The summed E-state index contributed by atoms with van der Waals surface area (Å²) in [5.74, 6) is 0.651. The SMILES string of the molecule is CCc1ccc(OCC(=O)NC(C)(C)CC)cc1. The molecule has 3 heteroatoms. The van der Waals surface area contributed by atoms with Gasteiger partial charge in [-0.05, 0) is 44.4 Å². The lowest BCUT2D eigenvalue weighted by molar-refractivity contribution is -0.124. The number of benzene rings is 1. The van der Waals surface area contributed by atoms with E-state index < -0.39 is 0 Å². The topological polar surface area (TPSA) is 38.3 Å². The van der Waals surface area contributed by atoms with Gasteiger partial charge in [-0.2, -0.15) is 0 Å². The molecule has 0 radical (unpaired) electrons. The summed E-state index contributed by atoms with van der Waals surface area (Å²) in [4.78, 5) is 11.7. The van der Waals surface area contributed by atoms with Crippen LogP contribution in [0, 0.1) is 0 Å². The number of carbonyl (C=O) groups is 1. The largest absolute Gasteiger partial charge is 0.484 e. The molecule has 0 bridgehead atoms. The van der Waals surface area contributed by atoms with E-state index in [1.807, 2.05) is 45.0 Å². The lowest BCUT2D eigenvalue weighted by Crippen LogP contribution is -2.44. The number of amides is 1. The third-order valence-corrected chi connectivity index (χ3v) is 3.06. The highest BCUT2D eigenvalue weighted by molar-refractivity contribution is 5.78. The molecular formula is C15H23NO2. The molecule has 0 aliphatic heterocycles. The number of rotatable bonds is 6.